The normalized spacial score (nSPS) is 15.7. The van der Waals surface area contributed by atoms with Gasteiger partial charge in [-0.3, -0.25) is 9.59 Å². The highest BCUT2D eigenvalue weighted by molar-refractivity contribution is 6.45. The standard InChI is InChI=1S/C20H18N2O4/c1-12-18(14-6-2-3-7-15(14)22-12)19(23)20(24)21-10-13-11-25-16-8-4-5-9-17(16)26-13/h2-9,13,22H,10-11H2,1H3,(H,21,24)/t13-/m0/s1. The first-order chi connectivity index (χ1) is 12.6. The average molecular weight is 350 g/mol. The summed E-state index contributed by atoms with van der Waals surface area (Å²) in [5.74, 6) is 0.106. The van der Waals surface area contributed by atoms with Gasteiger partial charge in [0.25, 0.3) is 11.7 Å². The van der Waals surface area contributed by atoms with Crippen LogP contribution in [-0.2, 0) is 4.79 Å². The maximum Gasteiger partial charge on any atom is 0.292 e. The van der Waals surface area contributed by atoms with Gasteiger partial charge in [0.2, 0.25) is 0 Å². The smallest absolute Gasteiger partial charge is 0.292 e. The van der Waals surface area contributed by atoms with Gasteiger partial charge in [-0.1, -0.05) is 30.3 Å². The van der Waals surface area contributed by atoms with E-state index in [1.54, 1.807) is 6.92 Å². The molecule has 3 aromatic rings. The minimum Gasteiger partial charge on any atom is -0.486 e. The van der Waals surface area contributed by atoms with E-state index in [1.807, 2.05) is 48.5 Å². The van der Waals surface area contributed by atoms with Crippen molar-refractivity contribution in [2.24, 2.45) is 0 Å². The van der Waals surface area contributed by atoms with Crippen molar-refractivity contribution in [3.05, 3.63) is 59.8 Å². The summed E-state index contributed by atoms with van der Waals surface area (Å²) >= 11 is 0. The van der Waals surface area contributed by atoms with Gasteiger partial charge in [-0.05, 0) is 25.1 Å². The molecule has 0 spiro atoms. The van der Waals surface area contributed by atoms with E-state index < -0.39 is 11.7 Å². The number of carbonyl (C=O) groups is 2. The Labute approximate surface area is 150 Å². The second kappa shape index (κ2) is 6.55. The van der Waals surface area contributed by atoms with Gasteiger partial charge in [0.05, 0.1) is 12.1 Å². The van der Waals surface area contributed by atoms with Crippen LogP contribution in [0.15, 0.2) is 48.5 Å². The molecule has 0 saturated heterocycles. The van der Waals surface area contributed by atoms with Crippen LogP contribution in [0.3, 0.4) is 0 Å². The number of rotatable bonds is 4. The van der Waals surface area contributed by atoms with Gasteiger partial charge in [-0.2, -0.15) is 0 Å². The lowest BCUT2D eigenvalue weighted by Gasteiger charge is -2.26. The fraction of sp³-hybridized carbons (Fsp3) is 0.200. The molecule has 2 heterocycles. The molecule has 6 nitrogen and oxygen atoms in total. The molecule has 26 heavy (non-hydrogen) atoms. The van der Waals surface area contributed by atoms with Crippen LogP contribution in [-0.4, -0.2) is 35.9 Å². The highest BCUT2D eigenvalue weighted by Gasteiger charge is 2.25. The molecule has 0 aliphatic carbocycles. The molecule has 1 aliphatic rings. The van der Waals surface area contributed by atoms with Gasteiger partial charge in [-0.15, -0.1) is 0 Å². The first kappa shape index (κ1) is 16.2. The summed E-state index contributed by atoms with van der Waals surface area (Å²) in [4.78, 5) is 28.1. The van der Waals surface area contributed by atoms with Crippen molar-refractivity contribution < 1.29 is 19.1 Å². The Morgan fingerprint density at radius 3 is 2.69 bits per heavy atom. The van der Waals surface area contributed by atoms with E-state index in [1.165, 1.54) is 0 Å². The molecule has 1 aliphatic heterocycles. The van der Waals surface area contributed by atoms with Crippen LogP contribution in [0.25, 0.3) is 10.9 Å². The van der Waals surface area contributed by atoms with Gasteiger partial charge in [0, 0.05) is 16.6 Å². The van der Waals surface area contributed by atoms with E-state index in [9.17, 15) is 9.59 Å². The number of ketones is 1. The molecule has 0 radical (unpaired) electrons. The van der Waals surface area contributed by atoms with E-state index >= 15 is 0 Å². The largest absolute Gasteiger partial charge is 0.486 e. The highest BCUT2D eigenvalue weighted by Crippen LogP contribution is 2.30. The minimum absolute atomic E-state index is 0.195. The fourth-order valence-electron chi connectivity index (χ4n) is 3.13. The Morgan fingerprint density at radius 2 is 1.85 bits per heavy atom. The fourth-order valence-corrected chi connectivity index (χ4v) is 3.13. The van der Waals surface area contributed by atoms with E-state index in [0.29, 0.717) is 29.4 Å². The van der Waals surface area contributed by atoms with Gasteiger partial charge in [0.1, 0.15) is 12.7 Å². The lowest BCUT2D eigenvalue weighted by atomic mass is 10.1. The van der Waals surface area contributed by atoms with Crippen molar-refractivity contribution in [3.63, 3.8) is 0 Å². The number of aromatic amines is 1. The van der Waals surface area contributed by atoms with Gasteiger partial charge in [0.15, 0.2) is 11.5 Å². The number of aryl methyl sites for hydroxylation is 1. The summed E-state index contributed by atoms with van der Waals surface area (Å²) in [6, 6.07) is 14.8. The Kier molecular flexibility index (Phi) is 4.08. The Balaban J connectivity index is 1.44. The van der Waals surface area contributed by atoms with Crippen molar-refractivity contribution in [2.45, 2.75) is 13.0 Å². The Hall–Kier alpha value is -3.28. The molecule has 132 valence electrons. The number of benzene rings is 2. The highest BCUT2D eigenvalue weighted by atomic mass is 16.6. The Bertz CT molecular complexity index is 992. The molecular formula is C20H18N2O4. The molecule has 1 aromatic heterocycles. The summed E-state index contributed by atoms with van der Waals surface area (Å²) in [5, 5.41) is 3.40. The second-order valence-corrected chi connectivity index (χ2v) is 6.21. The monoisotopic (exact) mass is 350 g/mol. The molecule has 1 amide bonds. The summed E-state index contributed by atoms with van der Waals surface area (Å²) in [6.45, 7) is 2.30. The maximum absolute atomic E-state index is 12.6. The molecule has 0 saturated carbocycles. The van der Waals surface area contributed by atoms with Crippen LogP contribution < -0.4 is 14.8 Å². The zero-order valence-electron chi connectivity index (χ0n) is 14.2. The zero-order valence-corrected chi connectivity index (χ0v) is 14.2. The molecule has 0 unspecified atom stereocenters. The van der Waals surface area contributed by atoms with Crippen molar-refractivity contribution in [3.8, 4) is 11.5 Å². The topological polar surface area (TPSA) is 80.4 Å². The number of nitrogens with one attached hydrogen (secondary N) is 2. The van der Waals surface area contributed by atoms with Crippen molar-refractivity contribution >= 4 is 22.6 Å². The van der Waals surface area contributed by atoms with Crippen LogP contribution in [0.4, 0.5) is 0 Å². The van der Waals surface area contributed by atoms with Gasteiger partial charge >= 0.3 is 0 Å². The zero-order chi connectivity index (χ0) is 18.1. The average Bonchev–Trinajstić information content (AvgIpc) is 3.01. The molecule has 0 bridgehead atoms. The lowest BCUT2D eigenvalue weighted by Crippen LogP contribution is -2.43. The third-order valence-corrected chi connectivity index (χ3v) is 4.38. The van der Waals surface area contributed by atoms with Crippen LogP contribution in [0.1, 0.15) is 16.1 Å². The summed E-state index contributed by atoms with van der Waals surface area (Å²) in [6.07, 6.45) is -0.342. The van der Waals surface area contributed by atoms with Crippen LogP contribution >= 0.6 is 0 Å². The lowest BCUT2D eigenvalue weighted by molar-refractivity contribution is -0.117. The maximum atomic E-state index is 12.6. The number of aromatic nitrogens is 1. The molecule has 4 rings (SSSR count). The number of amides is 1. The number of ether oxygens (including phenoxy) is 2. The van der Waals surface area contributed by atoms with E-state index in [-0.39, 0.29) is 12.6 Å². The summed E-state index contributed by atoms with van der Waals surface area (Å²) in [7, 11) is 0. The van der Waals surface area contributed by atoms with E-state index in [4.69, 9.17) is 9.47 Å². The van der Waals surface area contributed by atoms with Crippen molar-refractivity contribution in [2.75, 3.05) is 13.2 Å². The number of carbonyl (C=O) groups excluding carboxylic acids is 2. The first-order valence-electron chi connectivity index (χ1n) is 8.42. The quantitative estimate of drug-likeness (QED) is 0.560. The van der Waals surface area contributed by atoms with E-state index in [2.05, 4.69) is 10.3 Å². The summed E-state index contributed by atoms with van der Waals surface area (Å²) < 4.78 is 11.4. The van der Waals surface area contributed by atoms with Gasteiger partial charge in [-0.25, -0.2) is 0 Å². The third-order valence-electron chi connectivity index (χ3n) is 4.38. The Morgan fingerprint density at radius 1 is 1.12 bits per heavy atom. The third kappa shape index (κ3) is 2.90. The summed E-state index contributed by atoms with van der Waals surface area (Å²) in [5.41, 5.74) is 1.92. The number of Topliss-reactive ketones (excluding diaryl/α,β-unsaturated/α-hetero) is 1. The number of fused-ring (bicyclic) bond motifs is 2. The predicted octanol–water partition coefficient (Wildman–Crippen LogP) is 2.62. The predicted molar refractivity (Wildman–Crippen MR) is 96.7 cm³/mol. The molecule has 2 aromatic carbocycles. The van der Waals surface area contributed by atoms with E-state index in [0.717, 1.165) is 10.9 Å². The molecule has 0 fully saturated rings. The van der Waals surface area contributed by atoms with Gasteiger partial charge < -0.3 is 19.8 Å². The number of H-pyrrole nitrogens is 1. The number of hydrogen-bond donors (Lipinski definition) is 2. The van der Waals surface area contributed by atoms with Crippen LogP contribution in [0.5, 0.6) is 11.5 Å². The van der Waals surface area contributed by atoms with Crippen LogP contribution in [0.2, 0.25) is 0 Å². The number of para-hydroxylation sites is 3. The number of hydrogen-bond acceptors (Lipinski definition) is 4. The van der Waals surface area contributed by atoms with Crippen molar-refractivity contribution in [1.29, 1.82) is 0 Å². The molecule has 2 N–H and O–H groups in total. The molecule has 1 atom stereocenters. The van der Waals surface area contributed by atoms with Crippen molar-refractivity contribution in [1.82, 2.24) is 10.3 Å². The minimum atomic E-state index is -0.652. The molecule has 6 heteroatoms. The first-order valence-corrected chi connectivity index (χ1v) is 8.42. The SMILES string of the molecule is Cc1[nH]c2ccccc2c1C(=O)C(=O)NC[C@H]1COc2ccccc2O1. The van der Waals surface area contributed by atoms with Crippen LogP contribution in [0, 0.1) is 6.92 Å². The molecular weight excluding hydrogens is 332 g/mol. The second-order valence-electron chi connectivity index (χ2n) is 6.21.